The zero-order valence-corrected chi connectivity index (χ0v) is 10.7. The molecule has 9 heteroatoms. The second kappa shape index (κ2) is 5.32. The molecule has 0 aromatic heterocycles. The van der Waals surface area contributed by atoms with Crippen LogP contribution in [0.2, 0.25) is 0 Å². The lowest BCUT2D eigenvalue weighted by Crippen LogP contribution is -2.13. The van der Waals surface area contributed by atoms with Crippen molar-refractivity contribution in [3.63, 3.8) is 0 Å². The summed E-state index contributed by atoms with van der Waals surface area (Å²) in [4.78, 5) is -1.31. The third kappa shape index (κ3) is 3.13. The third-order valence-electron chi connectivity index (χ3n) is 2.34. The number of halogens is 5. The minimum Gasteiger partial charge on any atom is -0.376 e. The van der Waals surface area contributed by atoms with Crippen LogP contribution in [-0.4, -0.2) is 8.42 Å². The van der Waals surface area contributed by atoms with Gasteiger partial charge in [-0.25, -0.2) is 22.0 Å². The average Bonchev–Trinajstić information content (AvgIpc) is 2.37. The second-order valence-electron chi connectivity index (χ2n) is 3.81. The van der Waals surface area contributed by atoms with E-state index in [-0.39, 0.29) is 12.1 Å². The van der Waals surface area contributed by atoms with Crippen LogP contribution in [0.4, 0.5) is 22.0 Å². The maximum atomic E-state index is 13.4. The summed E-state index contributed by atoms with van der Waals surface area (Å²) in [5, 5.41) is 0. The number of benzene rings is 2. The van der Waals surface area contributed by atoms with E-state index in [4.69, 9.17) is 0 Å². The molecule has 0 aliphatic carbocycles. The van der Waals surface area contributed by atoms with E-state index in [2.05, 4.69) is 4.18 Å². The zero-order valence-electron chi connectivity index (χ0n) is 9.91. The molecule has 2 rings (SSSR count). The summed E-state index contributed by atoms with van der Waals surface area (Å²) in [6.07, 6.45) is 0. The molecule has 0 heterocycles. The number of hydrogen-bond donors (Lipinski definition) is 0. The van der Waals surface area contributed by atoms with E-state index in [0.717, 1.165) is 0 Å². The Hall–Kier alpha value is -2.16. The van der Waals surface area contributed by atoms with Gasteiger partial charge in [0.1, 0.15) is 16.5 Å². The standard InChI is InChI=1S/C12H5F5O3S/c13-6-1-2-11(9(16)3-6)20-21(18,19)12-5-8(15)7(14)4-10(12)17/h1-5H. The molecule has 112 valence electrons. The van der Waals surface area contributed by atoms with Crippen LogP contribution in [0.5, 0.6) is 5.75 Å². The first-order chi connectivity index (χ1) is 9.70. The molecule has 0 saturated carbocycles. The lowest BCUT2D eigenvalue weighted by molar-refractivity contribution is 0.444. The molecule has 0 atom stereocenters. The van der Waals surface area contributed by atoms with Crippen molar-refractivity contribution in [3.05, 3.63) is 59.4 Å². The molecule has 0 bridgehead atoms. The topological polar surface area (TPSA) is 43.4 Å². The lowest BCUT2D eigenvalue weighted by atomic mass is 10.3. The minimum atomic E-state index is -4.96. The van der Waals surface area contributed by atoms with E-state index in [1.807, 2.05) is 0 Å². The Kier molecular flexibility index (Phi) is 3.86. The summed E-state index contributed by atoms with van der Waals surface area (Å²) in [6, 6.07) is 1.76. The first kappa shape index (κ1) is 15.2. The molecule has 2 aromatic rings. The first-order valence-electron chi connectivity index (χ1n) is 5.25. The van der Waals surface area contributed by atoms with Crippen LogP contribution >= 0.6 is 0 Å². The van der Waals surface area contributed by atoms with E-state index >= 15 is 0 Å². The monoisotopic (exact) mass is 324 g/mol. The van der Waals surface area contributed by atoms with Crippen molar-refractivity contribution in [3.8, 4) is 5.75 Å². The highest BCUT2D eigenvalue weighted by molar-refractivity contribution is 7.87. The molecule has 21 heavy (non-hydrogen) atoms. The fourth-order valence-electron chi connectivity index (χ4n) is 1.40. The Morgan fingerprint density at radius 3 is 2.00 bits per heavy atom. The van der Waals surface area contributed by atoms with Crippen LogP contribution in [0.1, 0.15) is 0 Å². The van der Waals surface area contributed by atoms with E-state index < -0.39 is 49.8 Å². The SMILES string of the molecule is O=S(=O)(Oc1ccc(F)cc1F)c1cc(F)c(F)cc1F. The van der Waals surface area contributed by atoms with E-state index in [0.29, 0.717) is 18.2 Å². The van der Waals surface area contributed by atoms with Crippen molar-refractivity contribution >= 4 is 10.1 Å². The molecule has 0 radical (unpaired) electrons. The van der Waals surface area contributed by atoms with Crippen molar-refractivity contribution < 1.29 is 34.6 Å². The molecule has 2 aromatic carbocycles. The highest BCUT2D eigenvalue weighted by Crippen LogP contribution is 2.25. The van der Waals surface area contributed by atoms with Crippen LogP contribution in [-0.2, 0) is 10.1 Å². The van der Waals surface area contributed by atoms with Gasteiger partial charge in [0.15, 0.2) is 23.2 Å². The third-order valence-corrected chi connectivity index (χ3v) is 3.59. The van der Waals surface area contributed by atoms with Crippen LogP contribution in [0.3, 0.4) is 0 Å². The molecule has 0 N–H and O–H groups in total. The maximum Gasteiger partial charge on any atom is 0.342 e. The van der Waals surface area contributed by atoms with Gasteiger partial charge in [-0.1, -0.05) is 0 Å². The minimum absolute atomic E-state index is 0.00654. The van der Waals surface area contributed by atoms with Gasteiger partial charge < -0.3 is 4.18 Å². The second-order valence-corrected chi connectivity index (χ2v) is 5.32. The quantitative estimate of drug-likeness (QED) is 0.495. The summed E-state index contributed by atoms with van der Waals surface area (Å²) >= 11 is 0. The van der Waals surface area contributed by atoms with Gasteiger partial charge in [-0.15, -0.1) is 0 Å². The highest BCUT2D eigenvalue weighted by Gasteiger charge is 2.25. The predicted molar refractivity (Wildman–Crippen MR) is 60.5 cm³/mol. The van der Waals surface area contributed by atoms with Gasteiger partial charge in [0.2, 0.25) is 0 Å². The average molecular weight is 324 g/mol. The molecule has 0 amide bonds. The van der Waals surface area contributed by atoms with Crippen LogP contribution in [0.15, 0.2) is 35.2 Å². The highest BCUT2D eigenvalue weighted by atomic mass is 32.2. The van der Waals surface area contributed by atoms with Crippen molar-refractivity contribution in [1.29, 1.82) is 0 Å². The summed E-state index contributed by atoms with van der Waals surface area (Å²) in [7, 11) is -4.96. The summed E-state index contributed by atoms with van der Waals surface area (Å²) < 4.78 is 92.7. The van der Waals surface area contributed by atoms with Crippen molar-refractivity contribution in [2.24, 2.45) is 0 Å². The Bertz CT molecular complexity index is 805. The molecule has 0 unspecified atom stereocenters. The summed E-state index contributed by atoms with van der Waals surface area (Å²) in [5.41, 5.74) is 0. The van der Waals surface area contributed by atoms with Crippen LogP contribution < -0.4 is 4.18 Å². The van der Waals surface area contributed by atoms with E-state index in [1.165, 1.54) is 0 Å². The zero-order chi connectivity index (χ0) is 15.8. The molecule has 0 saturated heterocycles. The smallest absolute Gasteiger partial charge is 0.342 e. The Morgan fingerprint density at radius 2 is 1.38 bits per heavy atom. The van der Waals surface area contributed by atoms with Gasteiger partial charge in [0, 0.05) is 18.2 Å². The molecule has 0 aliphatic heterocycles. The van der Waals surface area contributed by atoms with E-state index in [1.54, 1.807) is 0 Å². The molecule has 3 nitrogen and oxygen atoms in total. The summed E-state index contributed by atoms with van der Waals surface area (Å²) in [6.45, 7) is 0. The fraction of sp³-hybridized carbons (Fsp3) is 0. The molecule has 0 fully saturated rings. The molecular weight excluding hydrogens is 319 g/mol. The van der Waals surface area contributed by atoms with Gasteiger partial charge >= 0.3 is 10.1 Å². The summed E-state index contributed by atoms with van der Waals surface area (Å²) in [5.74, 6) is -8.10. The maximum absolute atomic E-state index is 13.4. The number of rotatable bonds is 3. The first-order valence-corrected chi connectivity index (χ1v) is 6.65. The number of hydrogen-bond acceptors (Lipinski definition) is 3. The molecule has 0 spiro atoms. The van der Waals surface area contributed by atoms with Gasteiger partial charge in [-0.2, -0.15) is 8.42 Å². The van der Waals surface area contributed by atoms with Gasteiger partial charge in [-0.3, -0.25) is 0 Å². The predicted octanol–water partition coefficient (Wildman–Crippen LogP) is 3.15. The largest absolute Gasteiger partial charge is 0.376 e. The van der Waals surface area contributed by atoms with Crippen molar-refractivity contribution in [2.45, 2.75) is 4.90 Å². The van der Waals surface area contributed by atoms with E-state index in [9.17, 15) is 30.4 Å². The Balaban J connectivity index is 2.46. The van der Waals surface area contributed by atoms with Gasteiger partial charge in [0.05, 0.1) is 0 Å². The van der Waals surface area contributed by atoms with Crippen LogP contribution in [0, 0.1) is 29.1 Å². The fourth-order valence-corrected chi connectivity index (χ4v) is 2.41. The lowest BCUT2D eigenvalue weighted by Gasteiger charge is -2.09. The Morgan fingerprint density at radius 1 is 0.762 bits per heavy atom. The van der Waals surface area contributed by atoms with Crippen molar-refractivity contribution in [1.82, 2.24) is 0 Å². The normalized spacial score (nSPS) is 11.5. The molecular formula is C12H5F5O3S. The Labute approximate surface area is 115 Å². The van der Waals surface area contributed by atoms with Crippen molar-refractivity contribution in [2.75, 3.05) is 0 Å². The van der Waals surface area contributed by atoms with Gasteiger partial charge in [-0.05, 0) is 12.1 Å². The molecule has 0 aliphatic rings. The van der Waals surface area contributed by atoms with Gasteiger partial charge in [0.25, 0.3) is 0 Å². The van der Waals surface area contributed by atoms with Crippen LogP contribution in [0.25, 0.3) is 0 Å².